The zero-order valence-corrected chi connectivity index (χ0v) is 33.7. The Morgan fingerprint density at radius 3 is 1.55 bits per heavy atom. The van der Waals surface area contributed by atoms with E-state index < -0.39 is 51.1 Å². The minimum absolute atomic E-state index is 0.146. The van der Waals surface area contributed by atoms with Gasteiger partial charge in [0, 0.05) is 12.8 Å². The minimum Gasteiger partial charge on any atom is -0.480 e. The molecule has 0 aromatic carbocycles. The van der Waals surface area contributed by atoms with Crippen LogP contribution in [-0.4, -0.2) is 59.9 Å². The third-order valence-corrected chi connectivity index (χ3v) is 9.28. The molecule has 0 heterocycles. The van der Waals surface area contributed by atoms with Crippen molar-refractivity contribution < 1.29 is 47.5 Å². The lowest BCUT2D eigenvalue weighted by Crippen LogP contribution is -2.34. The summed E-state index contributed by atoms with van der Waals surface area (Å²) in [5, 5.41) is 8.86. The maximum Gasteiger partial charge on any atom is 0.472 e. The molecular formula is C41H72NO10P. The van der Waals surface area contributed by atoms with Gasteiger partial charge in [0.1, 0.15) is 12.6 Å². The Morgan fingerprint density at radius 1 is 0.585 bits per heavy atom. The van der Waals surface area contributed by atoms with Gasteiger partial charge in [0.2, 0.25) is 0 Å². The fourth-order valence-corrected chi connectivity index (χ4v) is 5.89. The van der Waals surface area contributed by atoms with Crippen LogP contribution in [0.1, 0.15) is 162 Å². The third kappa shape index (κ3) is 36.2. The number of carboxylic acids is 1. The third-order valence-electron chi connectivity index (χ3n) is 8.33. The summed E-state index contributed by atoms with van der Waals surface area (Å²) in [7, 11) is -4.72. The van der Waals surface area contributed by atoms with Crippen LogP contribution in [0.2, 0.25) is 0 Å². The molecule has 0 saturated carbocycles. The summed E-state index contributed by atoms with van der Waals surface area (Å²) in [5.41, 5.74) is 5.32. The van der Waals surface area contributed by atoms with E-state index in [0.29, 0.717) is 19.3 Å². The molecule has 1 unspecified atom stereocenters. The van der Waals surface area contributed by atoms with Gasteiger partial charge in [-0.15, -0.1) is 0 Å². The normalized spacial score (nSPS) is 14.3. The fraction of sp³-hybridized carbons (Fsp3) is 0.732. The molecule has 0 radical (unpaired) electrons. The van der Waals surface area contributed by atoms with Crippen LogP contribution < -0.4 is 5.73 Å². The van der Waals surface area contributed by atoms with Gasteiger partial charge in [-0.1, -0.05) is 146 Å². The van der Waals surface area contributed by atoms with Crippen LogP contribution >= 0.6 is 7.82 Å². The molecule has 53 heavy (non-hydrogen) atoms. The predicted octanol–water partition coefficient (Wildman–Crippen LogP) is 10.2. The van der Waals surface area contributed by atoms with Gasteiger partial charge >= 0.3 is 25.7 Å². The van der Waals surface area contributed by atoms with Crippen LogP contribution in [0.25, 0.3) is 0 Å². The summed E-state index contributed by atoms with van der Waals surface area (Å²) in [4.78, 5) is 45.8. The summed E-state index contributed by atoms with van der Waals surface area (Å²) in [6.45, 7) is 2.70. The Balaban J connectivity index is 4.50. The van der Waals surface area contributed by atoms with Crippen molar-refractivity contribution in [2.24, 2.45) is 5.73 Å². The number of carboxylic acid groups (broad SMARTS) is 1. The Hall–Kier alpha value is -2.56. The van der Waals surface area contributed by atoms with E-state index in [1.165, 1.54) is 70.6 Å². The summed E-state index contributed by atoms with van der Waals surface area (Å²) in [6, 6.07) is -1.53. The number of phosphoric acid groups is 1. The van der Waals surface area contributed by atoms with E-state index in [1.807, 2.05) is 12.2 Å². The number of aliphatic carboxylic acids is 1. The van der Waals surface area contributed by atoms with E-state index >= 15 is 0 Å². The number of phosphoric ester groups is 1. The van der Waals surface area contributed by atoms with Crippen molar-refractivity contribution in [3.8, 4) is 0 Å². The van der Waals surface area contributed by atoms with Crippen LogP contribution in [0.15, 0.2) is 48.6 Å². The molecule has 12 heteroatoms. The highest BCUT2D eigenvalue weighted by molar-refractivity contribution is 7.47. The predicted molar refractivity (Wildman–Crippen MR) is 212 cm³/mol. The zero-order valence-electron chi connectivity index (χ0n) is 32.8. The largest absolute Gasteiger partial charge is 0.480 e. The standard InChI is InChI=1S/C41H72NO10P/c1-3-5-7-9-11-13-15-17-18-19-20-21-23-24-26-28-30-32-39(43)49-34-37(35-50-53(47,48)51-36-38(42)41(45)46)52-40(44)33-31-29-27-25-22-16-14-12-10-8-6-4-2/h11,13,17-18,20-21,24,26,37-38H,3-10,12,14-16,19,22-23,25,27-36,42H2,1-2H3,(H,45,46)(H,47,48)/b13-11+,18-17+,21-20+,26-24+/t37-,38+/m0/s1. The summed E-state index contributed by atoms with van der Waals surface area (Å²) >= 11 is 0. The maximum absolute atomic E-state index is 12.6. The molecule has 0 spiro atoms. The van der Waals surface area contributed by atoms with E-state index in [-0.39, 0.29) is 19.4 Å². The van der Waals surface area contributed by atoms with Crippen molar-refractivity contribution >= 4 is 25.7 Å². The molecule has 4 N–H and O–H groups in total. The van der Waals surface area contributed by atoms with Gasteiger partial charge in [0.25, 0.3) is 0 Å². The van der Waals surface area contributed by atoms with Gasteiger partial charge in [-0.25, -0.2) is 4.57 Å². The molecule has 0 aromatic heterocycles. The van der Waals surface area contributed by atoms with Gasteiger partial charge < -0.3 is 25.2 Å². The number of ether oxygens (including phenoxy) is 2. The van der Waals surface area contributed by atoms with Crippen LogP contribution in [0, 0.1) is 0 Å². The Morgan fingerprint density at radius 2 is 1.02 bits per heavy atom. The molecule has 306 valence electrons. The smallest absolute Gasteiger partial charge is 0.472 e. The first-order valence-electron chi connectivity index (χ1n) is 20.2. The number of allylic oxidation sites excluding steroid dienone is 8. The van der Waals surface area contributed by atoms with Crippen LogP contribution in [0.4, 0.5) is 0 Å². The molecule has 0 aromatic rings. The van der Waals surface area contributed by atoms with Crippen molar-refractivity contribution in [3.05, 3.63) is 48.6 Å². The highest BCUT2D eigenvalue weighted by Gasteiger charge is 2.28. The van der Waals surface area contributed by atoms with Gasteiger partial charge in [-0.3, -0.25) is 23.4 Å². The monoisotopic (exact) mass is 769 g/mol. The van der Waals surface area contributed by atoms with Crippen molar-refractivity contribution in [1.82, 2.24) is 0 Å². The molecule has 0 amide bonds. The topological polar surface area (TPSA) is 172 Å². The second-order valence-corrected chi connectivity index (χ2v) is 14.9. The Labute approximate surface area is 320 Å². The second kappa shape index (κ2) is 36.4. The van der Waals surface area contributed by atoms with E-state index in [9.17, 15) is 23.8 Å². The molecule has 11 nitrogen and oxygen atoms in total. The van der Waals surface area contributed by atoms with Crippen molar-refractivity contribution in [3.63, 3.8) is 0 Å². The molecule has 0 saturated heterocycles. The summed E-state index contributed by atoms with van der Waals surface area (Å²) in [5.74, 6) is -2.45. The lowest BCUT2D eigenvalue weighted by Gasteiger charge is -2.20. The average molecular weight is 770 g/mol. The van der Waals surface area contributed by atoms with Gasteiger partial charge in [0.05, 0.1) is 13.2 Å². The van der Waals surface area contributed by atoms with Gasteiger partial charge in [-0.05, 0) is 51.4 Å². The molecule has 0 fully saturated rings. The van der Waals surface area contributed by atoms with E-state index in [2.05, 4.69) is 54.8 Å². The molecule has 0 rings (SSSR count). The number of unbranched alkanes of at least 4 members (excludes halogenated alkanes) is 15. The molecule has 0 aliphatic rings. The highest BCUT2D eigenvalue weighted by atomic mass is 31.2. The molecule has 0 aliphatic heterocycles. The van der Waals surface area contributed by atoms with Gasteiger partial charge in [-0.2, -0.15) is 0 Å². The summed E-state index contributed by atoms with van der Waals surface area (Å²) < 4.78 is 32.5. The number of hydrogen-bond acceptors (Lipinski definition) is 9. The minimum atomic E-state index is -4.72. The molecule has 0 aliphatic carbocycles. The first-order chi connectivity index (χ1) is 25.6. The lowest BCUT2D eigenvalue weighted by molar-refractivity contribution is -0.161. The summed E-state index contributed by atoms with van der Waals surface area (Å²) in [6.07, 6.45) is 39.0. The Kier molecular flexibility index (Phi) is 34.7. The Bertz CT molecular complexity index is 1090. The lowest BCUT2D eigenvalue weighted by atomic mass is 10.0. The fourth-order valence-electron chi connectivity index (χ4n) is 5.11. The molecular weight excluding hydrogens is 697 g/mol. The van der Waals surface area contributed by atoms with Crippen LogP contribution in [0.5, 0.6) is 0 Å². The van der Waals surface area contributed by atoms with E-state index in [0.717, 1.165) is 44.9 Å². The van der Waals surface area contributed by atoms with Crippen molar-refractivity contribution in [2.75, 3.05) is 19.8 Å². The number of carbonyl (C=O) groups excluding carboxylic acids is 2. The van der Waals surface area contributed by atoms with Gasteiger partial charge in [0.15, 0.2) is 6.10 Å². The maximum atomic E-state index is 12.6. The number of hydrogen-bond donors (Lipinski definition) is 3. The second-order valence-electron chi connectivity index (χ2n) is 13.4. The SMILES string of the molecule is CCCCC/C=C/C/C=C/C/C=C/C/C=C/CCCC(=O)OC[C@@H](COP(=O)(O)OC[C@@H](N)C(=O)O)OC(=O)CCCCCCCCCCCCCC. The van der Waals surface area contributed by atoms with E-state index in [1.54, 1.807) is 0 Å². The molecule has 0 bridgehead atoms. The van der Waals surface area contributed by atoms with Crippen molar-refractivity contribution in [2.45, 2.75) is 174 Å². The van der Waals surface area contributed by atoms with E-state index in [4.69, 9.17) is 24.8 Å². The quantitative estimate of drug-likeness (QED) is 0.0238. The highest BCUT2D eigenvalue weighted by Crippen LogP contribution is 2.43. The average Bonchev–Trinajstić information content (AvgIpc) is 3.13. The van der Waals surface area contributed by atoms with Crippen molar-refractivity contribution in [1.29, 1.82) is 0 Å². The number of esters is 2. The first-order valence-corrected chi connectivity index (χ1v) is 21.7. The molecule has 3 atom stereocenters. The number of nitrogens with two attached hydrogens (primary N) is 1. The first kappa shape index (κ1) is 50.4. The zero-order chi connectivity index (χ0) is 39.3. The van der Waals surface area contributed by atoms with Crippen LogP contribution in [-0.2, 0) is 37.5 Å². The van der Waals surface area contributed by atoms with Crippen LogP contribution in [0.3, 0.4) is 0 Å². The number of rotatable bonds is 37. The number of carbonyl (C=O) groups is 3.